The van der Waals surface area contributed by atoms with Crippen LogP contribution in [0.25, 0.3) is 0 Å². The van der Waals surface area contributed by atoms with E-state index in [9.17, 15) is 13.2 Å². The molecule has 1 unspecified atom stereocenters. The molecule has 0 spiro atoms. The van der Waals surface area contributed by atoms with E-state index >= 15 is 0 Å². The second kappa shape index (κ2) is 7.59. The van der Waals surface area contributed by atoms with Crippen LogP contribution in [-0.2, 0) is 21.2 Å². The molecule has 2 N–H and O–H groups in total. The lowest BCUT2D eigenvalue weighted by molar-refractivity contribution is -0.120. The molecule has 0 aliphatic carbocycles. The molecule has 0 saturated carbocycles. The van der Waals surface area contributed by atoms with Gasteiger partial charge in [-0.05, 0) is 37.1 Å². The summed E-state index contributed by atoms with van der Waals surface area (Å²) in [6.07, 6.45) is 0.710. The molecule has 1 aliphatic heterocycles. The summed E-state index contributed by atoms with van der Waals surface area (Å²) in [6, 6.07) is 14.6. The number of amides is 1. The van der Waals surface area contributed by atoms with E-state index in [0.29, 0.717) is 6.42 Å². The molecule has 25 heavy (non-hydrogen) atoms. The van der Waals surface area contributed by atoms with Gasteiger partial charge in [0, 0.05) is 18.0 Å². The number of aryl methyl sites for hydroxylation is 1. The van der Waals surface area contributed by atoms with Crippen molar-refractivity contribution in [3.63, 3.8) is 0 Å². The Labute approximate surface area is 152 Å². The molecule has 2 aromatic rings. The summed E-state index contributed by atoms with van der Waals surface area (Å²) >= 11 is 1.56. The van der Waals surface area contributed by atoms with Gasteiger partial charge in [0.05, 0.1) is 10.1 Å². The molecule has 1 aliphatic rings. The SMILES string of the molecule is Cc1ccc(S(=O)(=O)NCCNC(=O)C2Cc3ccccc3S2)cc1. The summed E-state index contributed by atoms with van der Waals surface area (Å²) in [6.45, 7) is 2.32. The van der Waals surface area contributed by atoms with Crippen LogP contribution in [-0.4, -0.2) is 32.7 Å². The average Bonchev–Trinajstić information content (AvgIpc) is 3.03. The number of rotatable bonds is 6. The Morgan fingerprint density at radius 2 is 1.84 bits per heavy atom. The number of thioether (sulfide) groups is 1. The molecule has 0 fully saturated rings. The normalized spacial score (nSPS) is 16.4. The third kappa shape index (κ3) is 4.42. The second-order valence-electron chi connectivity index (χ2n) is 5.92. The third-order valence-electron chi connectivity index (χ3n) is 3.99. The largest absolute Gasteiger partial charge is 0.354 e. The monoisotopic (exact) mass is 376 g/mol. The molecule has 0 saturated heterocycles. The number of hydrogen-bond donors (Lipinski definition) is 2. The van der Waals surface area contributed by atoms with Crippen molar-refractivity contribution in [1.29, 1.82) is 0 Å². The van der Waals surface area contributed by atoms with Gasteiger partial charge in [-0.25, -0.2) is 13.1 Å². The first-order valence-electron chi connectivity index (χ1n) is 8.04. The van der Waals surface area contributed by atoms with Crippen LogP contribution in [0.1, 0.15) is 11.1 Å². The molecule has 7 heteroatoms. The summed E-state index contributed by atoms with van der Waals surface area (Å²) in [5.41, 5.74) is 2.19. The van der Waals surface area contributed by atoms with Crippen LogP contribution in [0.2, 0.25) is 0 Å². The van der Waals surface area contributed by atoms with Gasteiger partial charge in [-0.3, -0.25) is 4.79 Å². The van der Waals surface area contributed by atoms with Gasteiger partial charge in [-0.2, -0.15) is 0 Å². The van der Waals surface area contributed by atoms with Crippen LogP contribution in [0.4, 0.5) is 0 Å². The van der Waals surface area contributed by atoms with Gasteiger partial charge in [-0.1, -0.05) is 35.9 Å². The zero-order valence-electron chi connectivity index (χ0n) is 13.9. The van der Waals surface area contributed by atoms with Crippen molar-refractivity contribution in [3.8, 4) is 0 Å². The molecule has 2 aromatic carbocycles. The molecule has 3 rings (SSSR count). The summed E-state index contributed by atoms with van der Waals surface area (Å²) in [5.74, 6) is -0.0595. The van der Waals surface area contributed by atoms with Crippen molar-refractivity contribution in [2.75, 3.05) is 13.1 Å². The molecule has 1 heterocycles. The van der Waals surface area contributed by atoms with Crippen molar-refractivity contribution in [2.45, 2.75) is 28.4 Å². The number of hydrogen-bond acceptors (Lipinski definition) is 4. The minimum absolute atomic E-state index is 0.0595. The first-order valence-corrected chi connectivity index (χ1v) is 10.4. The minimum Gasteiger partial charge on any atom is -0.354 e. The van der Waals surface area contributed by atoms with E-state index in [1.807, 2.05) is 31.2 Å². The van der Waals surface area contributed by atoms with E-state index in [1.54, 1.807) is 36.0 Å². The fourth-order valence-corrected chi connectivity index (χ4v) is 4.87. The summed E-state index contributed by atoms with van der Waals surface area (Å²) in [5, 5.41) is 2.66. The molecule has 1 amide bonds. The van der Waals surface area contributed by atoms with Gasteiger partial charge in [0.2, 0.25) is 15.9 Å². The molecule has 1 atom stereocenters. The van der Waals surface area contributed by atoms with E-state index in [4.69, 9.17) is 0 Å². The minimum atomic E-state index is -3.54. The van der Waals surface area contributed by atoms with Crippen LogP contribution in [0, 0.1) is 6.92 Å². The lowest BCUT2D eigenvalue weighted by atomic mass is 10.1. The Balaban J connectivity index is 1.46. The standard InChI is InChI=1S/C18H20N2O3S2/c1-13-6-8-15(9-7-13)25(22,23)20-11-10-19-18(21)17-12-14-4-2-3-5-16(14)24-17/h2-9,17,20H,10-12H2,1H3,(H,19,21). The predicted octanol–water partition coefficient (Wildman–Crippen LogP) is 2.11. The van der Waals surface area contributed by atoms with Crippen LogP contribution in [0.5, 0.6) is 0 Å². The number of sulfonamides is 1. The highest BCUT2D eigenvalue weighted by Gasteiger charge is 2.27. The maximum Gasteiger partial charge on any atom is 0.240 e. The molecule has 0 radical (unpaired) electrons. The fourth-order valence-electron chi connectivity index (χ4n) is 2.61. The van der Waals surface area contributed by atoms with Gasteiger partial charge in [0.1, 0.15) is 0 Å². The van der Waals surface area contributed by atoms with Gasteiger partial charge >= 0.3 is 0 Å². The lowest BCUT2D eigenvalue weighted by Crippen LogP contribution is -2.38. The van der Waals surface area contributed by atoms with Gasteiger partial charge in [0.25, 0.3) is 0 Å². The number of carbonyl (C=O) groups is 1. The highest BCUT2D eigenvalue weighted by molar-refractivity contribution is 8.01. The Morgan fingerprint density at radius 1 is 1.12 bits per heavy atom. The Morgan fingerprint density at radius 3 is 2.56 bits per heavy atom. The van der Waals surface area contributed by atoms with Crippen LogP contribution < -0.4 is 10.0 Å². The second-order valence-corrected chi connectivity index (χ2v) is 8.93. The highest BCUT2D eigenvalue weighted by Crippen LogP contribution is 2.36. The first kappa shape index (κ1) is 18.0. The summed E-state index contributed by atoms with van der Waals surface area (Å²) in [7, 11) is -3.54. The topological polar surface area (TPSA) is 75.3 Å². The van der Waals surface area contributed by atoms with Crippen molar-refractivity contribution >= 4 is 27.7 Å². The van der Waals surface area contributed by atoms with E-state index in [0.717, 1.165) is 10.5 Å². The molecular formula is C18H20N2O3S2. The van der Waals surface area contributed by atoms with Crippen LogP contribution in [0.3, 0.4) is 0 Å². The smallest absolute Gasteiger partial charge is 0.240 e. The molecule has 0 aromatic heterocycles. The van der Waals surface area contributed by atoms with Crippen LogP contribution >= 0.6 is 11.8 Å². The summed E-state index contributed by atoms with van der Waals surface area (Å²) < 4.78 is 26.8. The predicted molar refractivity (Wildman–Crippen MR) is 99.2 cm³/mol. The Bertz CT molecular complexity index is 839. The molecule has 0 bridgehead atoms. The van der Waals surface area contributed by atoms with E-state index in [2.05, 4.69) is 10.0 Å². The van der Waals surface area contributed by atoms with Crippen LogP contribution in [0.15, 0.2) is 58.3 Å². The summed E-state index contributed by atoms with van der Waals surface area (Å²) in [4.78, 5) is 13.6. The zero-order chi connectivity index (χ0) is 17.9. The quantitative estimate of drug-likeness (QED) is 0.757. The van der Waals surface area contributed by atoms with Crippen molar-refractivity contribution in [1.82, 2.24) is 10.0 Å². The first-order chi connectivity index (χ1) is 12.0. The molecular weight excluding hydrogens is 356 g/mol. The van der Waals surface area contributed by atoms with E-state index in [1.165, 1.54) is 5.56 Å². The Hall–Kier alpha value is -1.83. The number of nitrogens with one attached hydrogen (secondary N) is 2. The molecule has 5 nitrogen and oxygen atoms in total. The van der Waals surface area contributed by atoms with Crippen molar-refractivity contribution < 1.29 is 13.2 Å². The number of carbonyl (C=O) groups excluding carboxylic acids is 1. The Kier molecular flexibility index (Phi) is 5.46. The zero-order valence-corrected chi connectivity index (χ0v) is 15.5. The maximum absolute atomic E-state index is 12.2. The lowest BCUT2D eigenvalue weighted by Gasteiger charge is -2.11. The van der Waals surface area contributed by atoms with Crippen molar-refractivity contribution in [3.05, 3.63) is 59.7 Å². The highest BCUT2D eigenvalue weighted by atomic mass is 32.2. The molecule has 132 valence electrons. The average molecular weight is 377 g/mol. The van der Waals surface area contributed by atoms with E-state index in [-0.39, 0.29) is 29.1 Å². The number of benzene rings is 2. The van der Waals surface area contributed by atoms with E-state index < -0.39 is 10.0 Å². The van der Waals surface area contributed by atoms with Crippen molar-refractivity contribution in [2.24, 2.45) is 0 Å². The fraction of sp³-hybridized carbons (Fsp3) is 0.278. The van der Waals surface area contributed by atoms with Gasteiger partial charge < -0.3 is 5.32 Å². The maximum atomic E-state index is 12.2. The van der Waals surface area contributed by atoms with Gasteiger partial charge in [0.15, 0.2) is 0 Å². The number of fused-ring (bicyclic) bond motifs is 1. The van der Waals surface area contributed by atoms with Gasteiger partial charge in [-0.15, -0.1) is 11.8 Å². The third-order valence-corrected chi connectivity index (χ3v) is 6.78.